The normalized spacial score (nSPS) is 38.4. The van der Waals surface area contributed by atoms with Gasteiger partial charge in [0, 0.05) is 12.0 Å². The quantitative estimate of drug-likeness (QED) is 0.669. The average Bonchev–Trinajstić information content (AvgIpc) is 2.62. The third-order valence-electron chi connectivity index (χ3n) is 4.50. The second kappa shape index (κ2) is 4.06. The van der Waals surface area contributed by atoms with Crippen LogP contribution in [0.1, 0.15) is 51.9 Å². The van der Waals surface area contributed by atoms with E-state index >= 15 is 0 Å². The Morgan fingerprint density at radius 3 is 2.79 bits per heavy atom. The number of hydrogen-bond acceptors (Lipinski definition) is 1. The van der Waals surface area contributed by atoms with E-state index in [9.17, 15) is 0 Å². The Morgan fingerprint density at radius 1 is 1.43 bits per heavy atom. The minimum atomic E-state index is 0.403. The highest BCUT2D eigenvalue weighted by atomic mass is 14.6. The Kier molecular flexibility index (Phi) is 2.96. The first kappa shape index (κ1) is 10.2. The summed E-state index contributed by atoms with van der Waals surface area (Å²) in [6.07, 6.45) is 12.0. The van der Waals surface area contributed by atoms with E-state index in [1.165, 1.54) is 44.9 Å². The van der Waals surface area contributed by atoms with Crippen molar-refractivity contribution in [2.24, 2.45) is 17.1 Å². The summed E-state index contributed by atoms with van der Waals surface area (Å²) in [5.74, 6) is 0.817. The summed E-state index contributed by atoms with van der Waals surface area (Å²) in [4.78, 5) is 0. The molecule has 0 radical (unpaired) electrons. The Labute approximate surface area is 87.8 Å². The smallest absolute Gasteiger partial charge is 0.00600 e. The first-order valence-electron chi connectivity index (χ1n) is 6.19. The van der Waals surface area contributed by atoms with E-state index in [1.807, 2.05) is 0 Å². The molecule has 2 rings (SSSR count). The van der Waals surface area contributed by atoms with Gasteiger partial charge in [-0.2, -0.15) is 0 Å². The molecule has 1 nitrogen and oxygen atoms in total. The number of nitrogens with two attached hydrogens (primary N) is 1. The fourth-order valence-corrected chi connectivity index (χ4v) is 3.45. The van der Waals surface area contributed by atoms with Crippen molar-refractivity contribution in [3.05, 3.63) is 11.6 Å². The van der Waals surface area contributed by atoms with Crippen molar-refractivity contribution in [1.29, 1.82) is 0 Å². The zero-order valence-electron chi connectivity index (χ0n) is 9.39. The molecule has 0 bridgehead atoms. The molecule has 14 heavy (non-hydrogen) atoms. The van der Waals surface area contributed by atoms with Crippen LogP contribution in [0.3, 0.4) is 0 Å². The Morgan fingerprint density at radius 2 is 2.29 bits per heavy atom. The van der Waals surface area contributed by atoms with Gasteiger partial charge in [-0.15, -0.1) is 0 Å². The van der Waals surface area contributed by atoms with E-state index in [1.54, 1.807) is 5.57 Å². The van der Waals surface area contributed by atoms with Crippen LogP contribution in [0.5, 0.6) is 0 Å². The minimum absolute atomic E-state index is 0.403. The van der Waals surface area contributed by atoms with E-state index in [0.29, 0.717) is 5.41 Å². The largest absolute Gasteiger partial charge is 0.330 e. The second-order valence-corrected chi connectivity index (χ2v) is 5.13. The topological polar surface area (TPSA) is 26.0 Å². The van der Waals surface area contributed by atoms with E-state index < -0.39 is 0 Å². The van der Waals surface area contributed by atoms with Crippen LogP contribution in [0.25, 0.3) is 0 Å². The summed E-state index contributed by atoms with van der Waals surface area (Å²) in [5, 5.41) is 0. The Hall–Kier alpha value is -0.300. The molecule has 2 aliphatic carbocycles. The van der Waals surface area contributed by atoms with Crippen LogP contribution >= 0.6 is 0 Å². The van der Waals surface area contributed by atoms with E-state index in [4.69, 9.17) is 5.73 Å². The molecule has 0 amide bonds. The van der Waals surface area contributed by atoms with Crippen LogP contribution in [-0.4, -0.2) is 6.54 Å². The molecule has 0 aromatic carbocycles. The lowest BCUT2D eigenvalue weighted by atomic mass is 9.69. The monoisotopic (exact) mass is 193 g/mol. The minimum Gasteiger partial charge on any atom is -0.330 e. The first-order valence-corrected chi connectivity index (χ1v) is 6.19. The van der Waals surface area contributed by atoms with Gasteiger partial charge in [0.2, 0.25) is 0 Å². The van der Waals surface area contributed by atoms with Crippen molar-refractivity contribution in [1.82, 2.24) is 0 Å². The van der Waals surface area contributed by atoms with Crippen LogP contribution in [0.15, 0.2) is 11.6 Å². The molecule has 2 atom stereocenters. The molecular weight excluding hydrogens is 170 g/mol. The summed E-state index contributed by atoms with van der Waals surface area (Å²) in [5.41, 5.74) is 8.16. The lowest BCUT2D eigenvalue weighted by molar-refractivity contribution is 0.269. The predicted molar refractivity (Wildman–Crippen MR) is 61.1 cm³/mol. The molecule has 0 aliphatic heterocycles. The first-order chi connectivity index (χ1) is 6.79. The molecule has 0 aromatic heterocycles. The summed E-state index contributed by atoms with van der Waals surface area (Å²) >= 11 is 0. The highest BCUT2D eigenvalue weighted by Crippen LogP contribution is 2.50. The molecule has 0 aromatic rings. The van der Waals surface area contributed by atoms with Crippen molar-refractivity contribution in [2.75, 3.05) is 6.54 Å². The molecule has 0 spiro atoms. The van der Waals surface area contributed by atoms with Gasteiger partial charge < -0.3 is 5.73 Å². The summed E-state index contributed by atoms with van der Waals surface area (Å²) in [7, 11) is 0. The van der Waals surface area contributed by atoms with Crippen LogP contribution in [-0.2, 0) is 0 Å². The Bertz CT molecular complexity index is 231. The third kappa shape index (κ3) is 1.52. The molecular formula is C13H23N. The lowest BCUT2D eigenvalue weighted by Gasteiger charge is -2.37. The van der Waals surface area contributed by atoms with Gasteiger partial charge in [0.1, 0.15) is 0 Å². The average molecular weight is 193 g/mol. The molecule has 2 aliphatic rings. The fraction of sp³-hybridized carbons (Fsp3) is 0.846. The molecule has 0 saturated heterocycles. The van der Waals surface area contributed by atoms with E-state index in [-0.39, 0.29) is 0 Å². The number of rotatable bonds is 2. The van der Waals surface area contributed by atoms with Gasteiger partial charge in [0.15, 0.2) is 0 Å². The van der Waals surface area contributed by atoms with Crippen molar-refractivity contribution in [3.63, 3.8) is 0 Å². The molecule has 80 valence electrons. The molecule has 1 heteroatoms. The maximum absolute atomic E-state index is 6.05. The summed E-state index contributed by atoms with van der Waals surface area (Å²) in [6.45, 7) is 3.27. The van der Waals surface area contributed by atoms with Crippen LogP contribution in [0, 0.1) is 11.3 Å². The number of hydrogen-bond donors (Lipinski definition) is 1. The molecule has 1 fully saturated rings. The number of allylic oxidation sites excluding steroid dienone is 1. The van der Waals surface area contributed by atoms with Crippen LogP contribution in [0.2, 0.25) is 0 Å². The van der Waals surface area contributed by atoms with Gasteiger partial charge in [-0.3, -0.25) is 0 Å². The molecule has 1 saturated carbocycles. The highest BCUT2D eigenvalue weighted by molar-refractivity contribution is 5.20. The van der Waals surface area contributed by atoms with Crippen molar-refractivity contribution >= 4 is 0 Å². The van der Waals surface area contributed by atoms with Crippen LogP contribution in [0.4, 0.5) is 0 Å². The second-order valence-electron chi connectivity index (χ2n) is 5.13. The van der Waals surface area contributed by atoms with Crippen molar-refractivity contribution in [2.45, 2.75) is 51.9 Å². The fourth-order valence-electron chi connectivity index (χ4n) is 3.45. The van der Waals surface area contributed by atoms with Gasteiger partial charge >= 0.3 is 0 Å². The lowest BCUT2D eigenvalue weighted by Crippen LogP contribution is -2.35. The van der Waals surface area contributed by atoms with Gasteiger partial charge in [0.25, 0.3) is 0 Å². The highest BCUT2D eigenvalue weighted by Gasteiger charge is 2.41. The van der Waals surface area contributed by atoms with Gasteiger partial charge in [0.05, 0.1) is 0 Å². The molecule has 2 N–H and O–H groups in total. The maximum Gasteiger partial charge on any atom is 0.00600 e. The third-order valence-corrected chi connectivity index (χ3v) is 4.50. The molecule has 2 unspecified atom stereocenters. The van der Waals surface area contributed by atoms with Gasteiger partial charge in [-0.1, -0.05) is 25.0 Å². The SMILES string of the molecule is CC1CCCC1(CN)C1=CCCCC1. The predicted octanol–water partition coefficient (Wildman–Crippen LogP) is 3.25. The van der Waals surface area contributed by atoms with E-state index in [0.717, 1.165) is 12.5 Å². The van der Waals surface area contributed by atoms with Crippen LogP contribution < -0.4 is 5.73 Å². The zero-order valence-corrected chi connectivity index (χ0v) is 9.39. The maximum atomic E-state index is 6.05. The summed E-state index contributed by atoms with van der Waals surface area (Å²) in [6, 6.07) is 0. The van der Waals surface area contributed by atoms with Crippen molar-refractivity contribution < 1.29 is 0 Å². The summed E-state index contributed by atoms with van der Waals surface area (Å²) < 4.78 is 0. The van der Waals surface area contributed by atoms with Gasteiger partial charge in [-0.25, -0.2) is 0 Å². The van der Waals surface area contributed by atoms with Gasteiger partial charge in [-0.05, 0) is 44.4 Å². The standard InChI is InChI=1S/C13H23N/c1-11-6-5-9-13(11,10-14)12-7-3-2-4-8-12/h7,11H,2-6,8-10,14H2,1H3. The molecule has 0 heterocycles. The zero-order chi connectivity index (χ0) is 10.0. The van der Waals surface area contributed by atoms with Crippen molar-refractivity contribution in [3.8, 4) is 0 Å². The Balaban J connectivity index is 2.22. The van der Waals surface area contributed by atoms with E-state index in [2.05, 4.69) is 13.0 Å².